The fourth-order valence-electron chi connectivity index (χ4n) is 0.634. The van der Waals surface area contributed by atoms with Gasteiger partial charge in [0.2, 0.25) is 0 Å². The quantitative estimate of drug-likeness (QED) is 0.456. The standard InChI is InChI=1S/C8H15NO2/c1-5-6-7(2)8(10)11-9(3)4/h2,5-6H2,1,3-4H3. The summed E-state index contributed by atoms with van der Waals surface area (Å²) in [6, 6.07) is 0. The van der Waals surface area contributed by atoms with Gasteiger partial charge in [-0.2, -0.15) is 0 Å². The molecule has 0 N–H and O–H groups in total. The largest absolute Gasteiger partial charge is 0.365 e. The van der Waals surface area contributed by atoms with E-state index in [2.05, 4.69) is 6.58 Å². The second-order valence-corrected chi connectivity index (χ2v) is 2.54. The van der Waals surface area contributed by atoms with Crippen molar-refractivity contribution in [2.24, 2.45) is 0 Å². The van der Waals surface area contributed by atoms with Gasteiger partial charge < -0.3 is 4.84 Å². The Balaban J connectivity index is 3.74. The molecular formula is C8H15NO2. The van der Waals surface area contributed by atoms with Gasteiger partial charge in [0.1, 0.15) is 0 Å². The molecule has 0 aliphatic rings. The van der Waals surface area contributed by atoms with Gasteiger partial charge in [-0.05, 0) is 6.42 Å². The molecule has 11 heavy (non-hydrogen) atoms. The van der Waals surface area contributed by atoms with E-state index in [0.29, 0.717) is 12.0 Å². The summed E-state index contributed by atoms with van der Waals surface area (Å²) in [6.07, 6.45) is 1.62. The number of hydrogen-bond acceptors (Lipinski definition) is 3. The van der Waals surface area contributed by atoms with Gasteiger partial charge in [-0.25, -0.2) is 4.79 Å². The minimum Gasteiger partial charge on any atom is -0.365 e. The lowest BCUT2D eigenvalue weighted by molar-refractivity contribution is -0.173. The molecule has 0 bridgehead atoms. The van der Waals surface area contributed by atoms with Crippen molar-refractivity contribution in [3.63, 3.8) is 0 Å². The van der Waals surface area contributed by atoms with Crippen molar-refractivity contribution in [3.05, 3.63) is 12.2 Å². The second kappa shape index (κ2) is 4.91. The third-order valence-electron chi connectivity index (χ3n) is 1.11. The van der Waals surface area contributed by atoms with Crippen molar-refractivity contribution in [2.45, 2.75) is 19.8 Å². The van der Waals surface area contributed by atoms with Crippen molar-refractivity contribution in [1.82, 2.24) is 5.06 Å². The highest BCUT2D eigenvalue weighted by molar-refractivity contribution is 5.87. The Bertz CT molecular complexity index is 152. The molecule has 0 aromatic heterocycles. The van der Waals surface area contributed by atoms with E-state index in [-0.39, 0.29) is 5.97 Å². The topological polar surface area (TPSA) is 29.5 Å². The first-order valence-electron chi connectivity index (χ1n) is 3.65. The Kier molecular flexibility index (Phi) is 4.54. The number of hydroxylamine groups is 2. The highest BCUT2D eigenvalue weighted by Crippen LogP contribution is 2.03. The van der Waals surface area contributed by atoms with Crippen molar-refractivity contribution >= 4 is 5.97 Å². The number of nitrogens with zero attached hydrogens (tertiary/aromatic N) is 1. The molecule has 0 aliphatic carbocycles. The molecule has 0 amide bonds. The number of carbonyl (C=O) groups is 1. The van der Waals surface area contributed by atoms with Gasteiger partial charge in [0.15, 0.2) is 0 Å². The van der Waals surface area contributed by atoms with Gasteiger partial charge in [-0.3, -0.25) is 0 Å². The van der Waals surface area contributed by atoms with Gasteiger partial charge >= 0.3 is 5.97 Å². The molecule has 0 aromatic carbocycles. The summed E-state index contributed by atoms with van der Waals surface area (Å²) in [7, 11) is 3.33. The van der Waals surface area contributed by atoms with Gasteiger partial charge in [0.05, 0.1) is 0 Å². The van der Waals surface area contributed by atoms with Crippen LogP contribution in [0.3, 0.4) is 0 Å². The molecule has 0 radical (unpaired) electrons. The highest BCUT2D eigenvalue weighted by Gasteiger charge is 2.07. The van der Waals surface area contributed by atoms with Crippen LogP contribution in [0.25, 0.3) is 0 Å². The van der Waals surface area contributed by atoms with Gasteiger partial charge in [0, 0.05) is 19.7 Å². The van der Waals surface area contributed by atoms with E-state index >= 15 is 0 Å². The van der Waals surface area contributed by atoms with Crippen LogP contribution in [-0.2, 0) is 9.63 Å². The van der Waals surface area contributed by atoms with Crippen molar-refractivity contribution in [2.75, 3.05) is 14.1 Å². The number of hydrogen-bond donors (Lipinski definition) is 0. The van der Waals surface area contributed by atoms with E-state index in [1.165, 1.54) is 5.06 Å². The molecule has 0 saturated heterocycles. The predicted octanol–water partition coefficient (Wildman–Crippen LogP) is 1.36. The maximum atomic E-state index is 11.0. The average Bonchev–Trinajstić information content (AvgIpc) is 1.86. The zero-order chi connectivity index (χ0) is 8.85. The van der Waals surface area contributed by atoms with Crippen molar-refractivity contribution in [3.8, 4) is 0 Å². The van der Waals surface area contributed by atoms with Crippen molar-refractivity contribution in [1.29, 1.82) is 0 Å². The lowest BCUT2D eigenvalue weighted by Crippen LogP contribution is -2.19. The van der Waals surface area contributed by atoms with Crippen LogP contribution in [0, 0.1) is 0 Å². The molecule has 0 atom stereocenters. The summed E-state index contributed by atoms with van der Waals surface area (Å²) in [6.45, 7) is 5.59. The van der Waals surface area contributed by atoms with Crippen LogP contribution in [0.4, 0.5) is 0 Å². The van der Waals surface area contributed by atoms with E-state index in [1.54, 1.807) is 14.1 Å². The zero-order valence-corrected chi connectivity index (χ0v) is 7.39. The van der Waals surface area contributed by atoms with Crippen LogP contribution in [-0.4, -0.2) is 25.1 Å². The van der Waals surface area contributed by atoms with Crippen LogP contribution in [0.1, 0.15) is 19.8 Å². The second-order valence-electron chi connectivity index (χ2n) is 2.54. The molecule has 0 unspecified atom stereocenters. The van der Waals surface area contributed by atoms with E-state index in [9.17, 15) is 4.79 Å². The summed E-state index contributed by atoms with van der Waals surface area (Å²) < 4.78 is 0. The van der Waals surface area contributed by atoms with Crippen LogP contribution < -0.4 is 0 Å². The lowest BCUT2D eigenvalue weighted by atomic mass is 10.2. The van der Waals surface area contributed by atoms with Crippen LogP contribution in [0.2, 0.25) is 0 Å². The molecule has 0 fully saturated rings. The minimum absolute atomic E-state index is 0.336. The first-order chi connectivity index (χ1) is 5.07. The van der Waals surface area contributed by atoms with Crippen LogP contribution >= 0.6 is 0 Å². The summed E-state index contributed by atoms with van der Waals surface area (Å²) >= 11 is 0. The normalized spacial score (nSPS) is 9.82. The molecule has 0 heterocycles. The van der Waals surface area contributed by atoms with E-state index < -0.39 is 0 Å². The molecule has 0 spiro atoms. The number of rotatable bonds is 4. The summed E-state index contributed by atoms with van der Waals surface area (Å²) in [5, 5.41) is 1.36. The van der Waals surface area contributed by atoms with Gasteiger partial charge in [-0.1, -0.05) is 19.9 Å². The first kappa shape index (κ1) is 10.2. The van der Waals surface area contributed by atoms with E-state index in [0.717, 1.165) is 6.42 Å². The van der Waals surface area contributed by atoms with Gasteiger partial charge in [0.25, 0.3) is 0 Å². The molecule has 0 rings (SSSR count). The molecule has 0 aromatic rings. The van der Waals surface area contributed by atoms with E-state index in [1.807, 2.05) is 6.92 Å². The summed E-state index contributed by atoms with van der Waals surface area (Å²) in [5.74, 6) is -0.336. The van der Waals surface area contributed by atoms with E-state index in [4.69, 9.17) is 4.84 Å². The minimum atomic E-state index is -0.336. The smallest absolute Gasteiger partial charge is 0.352 e. The van der Waals surface area contributed by atoms with Crippen molar-refractivity contribution < 1.29 is 9.63 Å². The Labute approximate surface area is 67.6 Å². The summed E-state index contributed by atoms with van der Waals surface area (Å²) in [5.41, 5.74) is 0.529. The highest BCUT2D eigenvalue weighted by atomic mass is 16.7. The monoisotopic (exact) mass is 157 g/mol. The van der Waals surface area contributed by atoms with Crippen LogP contribution in [0.5, 0.6) is 0 Å². The predicted molar refractivity (Wildman–Crippen MR) is 43.8 cm³/mol. The van der Waals surface area contributed by atoms with Gasteiger partial charge in [-0.15, -0.1) is 5.06 Å². The molecule has 64 valence electrons. The fraction of sp³-hybridized carbons (Fsp3) is 0.625. The maximum absolute atomic E-state index is 11.0. The lowest BCUT2D eigenvalue weighted by Gasteiger charge is -2.10. The first-order valence-corrected chi connectivity index (χ1v) is 3.65. The SMILES string of the molecule is C=C(CCC)C(=O)ON(C)C. The zero-order valence-electron chi connectivity index (χ0n) is 7.39. The maximum Gasteiger partial charge on any atom is 0.352 e. The third-order valence-corrected chi connectivity index (χ3v) is 1.11. The molecule has 0 aliphatic heterocycles. The third kappa shape index (κ3) is 4.56. The molecule has 3 heteroatoms. The molecular weight excluding hydrogens is 142 g/mol. The average molecular weight is 157 g/mol. The Morgan fingerprint density at radius 3 is 2.45 bits per heavy atom. The fourth-order valence-corrected chi connectivity index (χ4v) is 0.634. The Hall–Kier alpha value is -0.830. The van der Waals surface area contributed by atoms with Crippen LogP contribution in [0.15, 0.2) is 12.2 Å². The molecule has 0 saturated carbocycles. The Morgan fingerprint density at radius 2 is 2.09 bits per heavy atom. The number of carbonyl (C=O) groups excluding carboxylic acids is 1. The Morgan fingerprint density at radius 1 is 1.55 bits per heavy atom. The summed E-state index contributed by atoms with van der Waals surface area (Å²) in [4.78, 5) is 15.7. The molecule has 3 nitrogen and oxygen atoms in total.